The first-order valence-electron chi connectivity index (χ1n) is 7.13. The Morgan fingerprint density at radius 3 is 2.59 bits per heavy atom. The summed E-state index contributed by atoms with van der Waals surface area (Å²) < 4.78 is 4.65. The van der Waals surface area contributed by atoms with Gasteiger partial charge in [0.1, 0.15) is 5.41 Å². The van der Waals surface area contributed by atoms with E-state index in [4.69, 9.17) is 11.6 Å². The number of amides is 1. The van der Waals surface area contributed by atoms with Gasteiger partial charge in [0, 0.05) is 0 Å². The lowest BCUT2D eigenvalue weighted by Crippen LogP contribution is -2.36. The molecular formula is C16H17ClN2O3. The minimum atomic E-state index is -1.01. The molecule has 0 unspecified atom stereocenters. The van der Waals surface area contributed by atoms with Crippen LogP contribution in [-0.4, -0.2) is 19.0 Å². The Bertz CT molecular complexity index is 631. The highest BCUT2D eigenvalue weighted by Gasteiger charge is 2.40. The van der Waals surface area contributed by atoms with Gasteiger partial charge in [-0.15, -0.1) is 0 Å². The van der Waals surface area contributed by atoms with Gasteiger partial charge in [-0.25, -0.2) is 4.79 Å². The number of anilines is 1. The highest BCUT2D eigenvalue weighted by molar-refractivity contribution is 6.34. The maximum absolute atomic E-state index is 12.5. The van der Waals surface area contributed by atoms with Crippen LogP contribution in [-0.2, 0) is 9.53 Å². The Kier molecular flexibility index (Phi) is 5.04. The third-order valence-corrected chi connectivity index (χ3v) is 4.32. The summed E-state index contributed by atoms with van der Waals surface area (Å²) in [4.78, 5) is 24.1. The van der Waals surface area contributed by atoms with Gasteiger partial charge in [-0.05, 0) is 31.0 Å². The SMILES string of the molecule is COC(=O)c1ccc(Cl)c(NC(=O)C2(C#N)CCCCC2)c1. The van der Waals surface area contributed by atoms with Crippen LogP contribution < -0.4 is 5.32 Å². The van der Waals surface area contributed by atoms with Crippen molar-refractivity contribution in [1.29, 1.82) is 5.26 Å². The van der Waals surface area contributed by atoms with E-state index in [1.165, 1.54) is 25.3 Å². The lowest BCUT2D eigenvalue weighted by Gasteiger charge is -2.29. The summed E-state index contributed by atoms with van der Waals surface area (Å²) in [5, 5.41) is 12.4. The first-order valence-corrected chi connectivity index (χ1v) is 7.51. The van der Waals surface area contributed by atoms with Crippen LogP contribution >= 0.6 is 11.6 Å². The number of benzene rings is 1. The second-order valence-corrected chi connectivity index (χ2v) is 5.80. The molecule has 1 saturated carbocycles. The van der Waals surface area contributed by atoms with Crippen LogP contribution in [0.4, 0.5) is 5.69 Å². The first-order chi connectivity index (χ1) is 10.5. The van der Waals surface area contributed by atoms with E-state index in [0.29, 0.717) is 23.6 Å². The van der Waals surface area contributed by atoms with Gasteiger partial charge in [-0.3, -0.25) is 4.79 Å². The van der Waals surface area contributed by atoms with Crippen molar-refractivity contribution in [2.75, 3.05) is 12.4 Å². The first kappa shape index (κ1) is 16.3. The molecule has 0 atom stereocenters. The number of carbonyl (C=O) groups excluding carboxylic acids is 2. The van der Waals surface area contributed by atoms with Crippen LogP contribution in [0.5, 0.6) is 0 Å². The maximum Gasteiger partial charge on any atom is 0.337 e. The van der Waals surface area contributed by atoms with Crippen LogP contribution in [0.15, 0.2) is 18.2 Å². The van der Waals surface area contributed by atoms with Crippen molar-refractivity contribution in [2.24, 2.45) is 5.41 Å². The van der Waals surface area contributed by atoms with Gasteiger partial charge >= 0.3 is 5.97 Å². The number of ether oxygens (including phenoxy) is 1. The standard InChI is InChI=1S/C16H17ClN2O3/c1-22-14(20)11-5-6-12(17)13(9-11)19-15(21)16(10-18)7-3-2-4-8-16/h5-6,9H,2-4,7-8H2,1H3,(H,19,21). The molecule has 1 aliphatic carbocycles. The number of methoxy groups -OCH3 is 1. The van der Waals surface area contributed by atoms with E-state index in [1.807, 2.05) is 0 Å². The predicted molar refractivity (Wildman–Crippen MR) is 82.6 cm³/mol. The van der Waals surface area contributed by atoms with Crippen molar-refractivity contribution in [3.63, 3.8) is 0 Å². The number of rotatable bonds is 3. The molecular weight excluding hydrogens is 304 g/mol. The lowest BCUT2D eigenvalue weighted by atomic mass is 9.74. The van der Waals surface area contributed by atoms with Crippen molar-refractivity contribution in [2.45, 2.75) is 32.1 Å². The van der Waals surface area contributed by atoms with Crippen molar-refractivity contribution < 1.29 is 14.3 Å². The molecule has 0 heterocycles. The molecule has 22 heavy (non-hydrogen) atoms. The van der Waals surface area contributed by atoms with Gasteiger partial charge in [0.15, 0.2) is 0 Å². The zero-order valence-corrected chi connectivity index (χ0v) is 13.1. The Morgan fingerprint density at radius 1 is 1.32 bits per heavy atom. The molecule has 6 heteroatoms. The molecule has 1 aliphatic rings. The van der Waals surface area contributed by atoms with E-state index in [0.717, 1.165) is 19.3 Å². The van der Waals surface area contributed by atoms with Gasteiger partial charge < -0.3 is 10.1 Å². The van der Waals surface area contributed by atoms with E-state index >= 15 is 0 Å². The summed E-state index contributed by atoms with van der Waals surface area (Å²) in [6.07, 6.45) is 3.84. The molecule has 0 radical (unpaired) electrons. The van der Waals surface area contributed by atoms with Crippen molar-refractivity contribution in [3.05, 3.63) is 28.8 Å². The molecule has 1 aromatic carbocycles. The average Bonchev–Trinajstić information content (AvgIpc) is 2.56. The Balaban J connectivity index is 2.24. The fourth-order valence-electron chi connectivity index (χ4n) is 2.65. The summed E-state index contributed by atoms with van der Waals surface area (Å²) in [7, 11) is 1.28. The van der Waals surface area contributed by atoms with Crippen LogP contribution in [0, 0.1) is 16.7 Å². The lowest BCUT2D eigenvalue weighted by molar-refractivity contribution is -0.124. The topological polar surface area (TPSA) is 79.2 Å². The van der Waals surface area contributed by atoms with E-state index in [1.54, 1.807) is 0 Å². The van der Waals surface area contributed by atoms with Gasteiger partial charge in [-0.2, -0.15) is 5.26 Å². The van der Waals surface area contributed by atoms with Crippen molar-refractivity contribution in [3.8, 4) is 6.07 Å². The molecule has 0 aromatic heterocycles. The molecule has 0 saturated heterocycles. The molecule has 5 nitrogen and oxygen atoms in total. The summed E-state index contributed by atoms with van der Waals surface area (Å²) in [6.45, 7) is 0. The minimum Gasteiger partial charge on any atom is -0.465 e. The van der Waals surface area contributed by atoms with Crippen LogP contribution in [0.25, 0.3) is 0 Å². The van der Waals surface area contributed by atoms with Crippen molar-refractivity contribution in [1.82, 2.24) is 0 Å². The van der Waals surface area contributed by atoms with E-state index in [-0.39, 0.29) is 11.5 Å². The van der Waals surface area contributed by atoms with Gasteiger partial charge in [-0.1, -0.05) is 30.9 Å². The summed E-state index contributed by atoms with van der Waals surface area (Å²) >= 11 is 6.07. The number of hydrogen-bond acceptors (Lipinski definition) is 4. The largest absolute Gasteiger partial charge is 0.465 e. The Hall–Kier alpha value is -2.06. The molecule has 116 valence electrons. The van der Waals surface area contributed by atoms with Gasteiger partial charge in [0.05, 0.1) is 29.5 Å². The van der Waals surface area contributed by atoms with E-state index < -0.39 is 11.4 Å². The molecule has 1 amide bonds. The normalized spacial score (nSPS) is 16.4. The van der Waals surface area contributed by atoms with Crippen LogP contribution in [0.2, 0.25) is 5.02 Å². The molecule has 2 rings (SSSR count). The molecule has 1 N–H and O–H groups in total. The summed E-state index contributed by atoms with van der Waals surface area (Å²) in [5.41, 5.74) is -0.408. The Morgan fingerprint density at radius 2 is 2.00 bits per heavy atom. The fraction of sp³-hybridized carbons (Fsp3) is 0.438. The second kappa shape index (κ2) is 6.80. The number of nitrogens with zero attached hydrogens (tertiary/aromatic N) is 1. The van der Waals surface area contributed by atoms with Gasteiger partial charge in [0.25, 0.3) is 0 Å². The molecule has 0 spiro atoms. The van der Waals surface area contributed by atoms with Crippen LogP contribution in [0.3, 0.4) is 0 Å². The zero-order valence-electron chi connectivity index (χ0n) is 12.3. The summed E-state index contributed by atoms with van der Waals surface area (Å²) in [5.74, 6) is -0.876. The third-order valence-electron chi connectivity index (χ3n) is 3.99. The highest BCUT2D eigenvalue weighted by Crippen LogP contribution is 2.37. The summed E-state index contributed by atoms with van der Waals surface area (Å²) in [6, 6.07) is 6.65. The number of hydrogen-bond donors (Lipinski definition) is 1. The third kappa shape index (κ3) is 3.23. The van der Waals surface area contributed by atoms with Crippen molar-refractivity contribution >= 4 is 29.2 Å². The Labute approximate surface area is 134 Å². The zero-order chi connectivity index (χ0) is 16.2. The minimum absolute atomic E-state index is 0.289. The quantitative estimate of drug-likeness (QED) is 0.864. The number of halogens is 1. The molecule has 1 fully saturated rings. The number of nitriles is 1. The number of carbonyl (C=O) groups is 2. The van der Waals surface area contributed by atoms with E-state index in [2.05, 4.69) is 16.1 Å². The highest BCUT2D eigenvalue weighted by atomic mass is 35.5. The maximum atomic E-state index is 12.5. The predicted octanol–water partition coefficient (Wildman–Crippen LogP) is 3.54. The monoisotopic (exact) mass is 320 g/mol. The molecule has 0 bridgehead atoms. The fourth-order valence-corrected chi connectivity index (χ4v) is 2.82. The smallest absolute Gasteiger partial charge is 0.337 e. The van der Waals surface area contributed by atoms with E-state index in [9.17, 15) is 14.9 Å². The average molecular weight is 321 g/mol. The number of esters is 1. The van der Waals surface area contributed by atoms with Gasteiger partial charge in [0.2, 0.25) is 5.91 Å². The molecule has 0 aliphatic heterocycles. The molecule has 1 aromatic rings. The number of nitrogens with one attached hydrogen (secondary N) is 1. The van der Waals surface area contributed by atoms with Crippen LogP contribution in [0.1, 0.15) is 42.5 Å². The second-order valence-electron chi connectivity index (χ2n) is 5.39.